The minimum absolute atomic E-state index is 0. The van der Waals surface area contributed by atoms with E-state index in [1.54, 1.807) is 38.5 Å². The first-order chi connectivity index (χ1) is 14.5. The Morgan fingerprint density at radius 1 is 1.29 bits per heavy atom. The zero-order valence-corrected chi connectivity index (χ0v) is 17.5. The van der Waals surface area contributed by atoms with E-state index in [1.165, 1.54) is 29.2 Å². The molecule has 0 unspecified atom stereocenters. The van der Waals surface area contributed by atoms with Crippen LogP contribution in [0.1, 0.15) is 28.6 Å². The number of fused-ring (bicyclic) bond motifs is 1. The van der Waals surface area contributed by atoms with Gasteiger partial charge in [-0.1, -0.05) is 0 Å². The summed E-state index contributed by atoms with van der Waals surface area (Å²) >= 11 is 0. The number of benzene rings is 1. The molecule has 0 amide bonds. The zero-order valence-electron chi connectivity index (χ0n) is 16.7. The minimum Gasteiger partial charge on any atom is -0.504 e. The van der Waals surface area contributed by atoms with Crippen molar-refractivity contribution in [2.75, 3.05) is 18.6 Å². The first-order valence-corrected chi connectivity index (χ1v) is 9.23. The van der Waals surface area contributed by atoms with Gasteiger partial charge in [0.1, 0.15) is 5.82 Å². The predicted molar refractivity (Wildman–Crippen MR) is 118 cm³/mol. The molecule has 1 aromatic carbocycles. The molecule has 31 heavy (non-hydrogen) atoms. The molecule has 0 fully saturated rings. The summed E-state index contributed by atoms with van der Waals surface area (Å²) in [5.74, 6) is -0.765. The maximum atomic E-state index is 13.3. The topological polar surface area (TPSA) is 88.2 Å². The highest BCUT2D eigenvalue weighted by Crippen LogP contribution is 2.41. The Morgan fingerprint density at radius 2 is 2.03 bits per heavy atom. The summed E-state index contributed by atoms with van der Waals surface area (Å²) in [7, 11) is 1.64. The summed E-state index contributed by atoms with van der Waals surface area (Å²) in [5.41, 5.74) is 1.90. The summed E-state index contributed by atoms with van der Waals surface area (Å²) in [6, 6.07) is 9.28. The highest BCUT2D eigenvalue weighted by Gasteiger charge is 2.29. The highest BCUT2D eigenvalue weighted by atomic mass is 35.5. The van der Waals surface area contributed by atoms with Crippen LogP contribution in [0.15, 0.2) is 52.0 Å². The number of esters is 1. The van der Waals surface area contributed by atoms with E-state index in [9.17, 15) is 14.3 Å². The van der Waals surface area contributed by atoms with Gasteiger partial charge in [-0.3, -0.25) is 0 Å². The van der Waals surface area contributed by atoms with Crippen LogP contribution in [-0.2, 0) is 4.74 Å². The number of allylic oxidation sites excluding steroid dienone is 1. The SMILES string of the molecule is CCOC(=O)c1c(N(C)c2ccc(F)cc2)oc(C=C2C=Nc3ncccc32)c1O.Cl. The fraction of sp³-hybridized carbons (Fsp3) is 0.136. The van der Waals surface area contributed by atoms with Crippen molar-refractivity contribution in [2.24, 2.45) is 4.99 Å². The van der Waals surface area contributed by atoms with Gasteiger partial charge >= 0.3 is 5.97 Å². The van der Waals surface area contributed by atoms with Crippen LogP contribution in [0, 0.1) is 5.82 Å². The van der Waals surface area contributed by atoms with Gasteiger partial charge in [-0.15, -0.1) is 12.4 Å². The maximum Gasteiger partial charge on any atom is 0.347 e. The minimum atomic E-state index is -0.727. The van der Waals surface area contributed by atoms with Gasteiger partial charge < -0.3 is 19.2 Å². The third-order valence-corrected chi connectivity index (χ3v) is 4.60. The van der Waals surface area contributed by atoms with Crippen molar-refractivity contribution in [3.05, 3.63) is 65.3 Å². The Kier molecular flexibility index (Phi) is 6.41. The normalized spacial score (nSPS) is 13.1. The van der Waals surface area contributed by atoms with E-state index in [0.717, 1.165) is 5.56 Å². The molecule has 160 valence electrons. The molecule has 7 nitrogen and oxygen atoms in total. The Bertz CT molecular complexity index is 1170. The van der Waals surface area contributed by atoms with Crippen molar-refractivity contribution in [2.45, 2.75) is 6.92 Å². The van der Waals surface area contributed by atoms with Crippen LogP contribution in [0.2, 0.25) is 0 Å². The number of halogens is 2. The molecule has 0 atom stereocenters. The highest BCUT2D eigenvalue weighted by molar-refractivity contribution is 6.21. The van der Waals surface area contributed by atoms with E-state index in [2.05, 4.69) is 9.98 Å². The molecule has 0 saturated heterocycles. The van der Waals surface area contributed by atoms with Gasteiger partial charge in [0.15, 0.2) is 22.9 Å². The van der Waals surface area contributed by atoms with E-state index < -0.39 is 11.8 Å². The average molecular weight is 444 g/mol. The van der Waals surface area contributed by atoms with Crippen molar-refractivity contribution >= 4 is 53.6 Å². The molecular formula is C22H19ClFN3O4. The summed E-state index contributed by atoms with van der Waals surface area (Å²) in [4.78, 5) is 22.5. The molecule has 3 aromatic rings. The third kappa shape index (κ3) is 4.15. The largest absolute Gasteiger partial charge is 0.504 e. The number of ether oxygens (including phenoxy) is 1. The number of aliphatic imine (C=N–C) groups is 1. The number of carbonyl (C=O) groups excluding carboxylic acids is 1. The number of carbonyl (C=O) groups is 1. The Morgan fingerprint density at radius 3 is 2.74 bits per heavy atom. The number of furan rings is 1. The van der Waals surface area contributed by atoms with E-state index in [4.69, 9.17) is 9.15 Å². The molecule has 4 rings (SSSR count). The third-order valence-electron chi connectivity index (χ3n) is 4.60. The Balaban J connectivity index is 0.00000272. The molecule has 1 aliphatic heterocycles. The predicted octanol–water partition coefficient (Wildman–Crippen LogP) is 5.14. The first-order valence-electron chi connectivity index (χ1n) is 9.23. The lowest BCUT2D eigenvalue weighted by Gasteiger charge is -2.17. The standard InChI is InChI=1S/C22H18FN3O4.ClH/c1-3-29-22(28)18-19(27)17(11-13-12-25-20-16(13)5-4-10-24-20)30-21(18)26(2)15-8-6-14(23)7-9-15;/h4-12,27H,3H2,1-2H3;1H. The van der Waals surface area contributed by atoms with Crippen LogP contribution in [0.25, 0.3) is 11.6 Å². The second kappa shape index (κ2) is 9.01. The van der Waals surface area contributed by atoms with Gasteiger partial charge in [0.2, 0.25) is 5.88 Å². The second-order valence-corrected chi connectivity index (χ2v) is 6.48. The number of anilines is 2. The molecule has 0 bridgehead atoms. The summed E-state index contributed by atoms with van der Waals surface area (Å²) in [5, 5.41) is 10.8. The van der Waals surface area contributed by atoms with Crippen LogP contribution < -0.4 is 4.90 Å². The van der Waals surface area contributed by atoms with Crippen LogP contribution in [-0.4, -0.2) is 35.9 Å². The van der Waals surface area contributed by atoms with Crippen molar-refractivity contribution in [1.82, 2.24) is 4.98 Å². The molecular weight excluding hydrogens is 425 g/mol. The molecule has 0 aliphatic carbocycles. The van der Waals surface area contributed by atoms with Crippen molar-refractivity contribution in [3.8, 4) is 5.75 Å². The number of nitrogens with zero attached hydrogens (tertiary/aromatic N) is 3. The number of hydrogen-bond donors (Lipinski definition) is 1. The molecule has 9 heteroatoms. The van der Waals surface area contributed by atoms with Gasteiger partial charge in [-0.2, -0.15) is 0 Å². The maximum absolute atomic E-state index is 13.3. The van der Waals surface area contributed by atoms with Gasteiger partial charge in [0, 0.05) is 36.3 Å². The van der Waals surface area contributed by atoms with Gasteiger partial charge in [0.25, 0.3) is 0 Å². The lowest BCUT2D eigenvalue weighted by atomic mass is 10.1. The smallest absolute Gasteiger partial charge is 0.347 e. The summed E-state index contributed by atoms with van der Waals surface area (Å²) in [6.07, 6.45) is 4.82. The van der Waals surface area contributed by atoms with E-state index >= 15 is 0 Å². The van der Waals surface area contributed by atoms with Crippen LogP contribution in [0.3, 0.4) is 0 Å². The van der Waals surface area contributed by atoms with E-state index in [0.29, 0.717) is 17.1 Å². The van der Waals surface area contributed by atoms with Crippen LogP contribution >= 0.6 is 12.4 Å². The monoisotopic (exact) mass is 443 g/mol. The lowest BCUT2D eigenvalue weighted by molar-refractivity contribution is 0.0524. The quantitative estimate of drug-likeness (QED) is 0.549. The fourth-order valence-electron chi connectivity index (χ4n) is 3.11. The molecule has 2 aromatic heterocycles. The molecule has 0 radical (unpaired) electrons. The molecule has 0 saturated carbocycles. The number of rotatable bonds is 5. The molecule has 3 heterocycles. The van der Waals surface area contributed by atoms with Crippen molar-refractivity contribution < 1.29 is 23.4 Å². The first kappa shape index (κ1) is 22.0. The van der Waals surface area contributed by atoms with E-state index in [-0.39, 0.29) is 42.0 Å². The fourth-order valence-corrected chi connectivity index (χ4v) is 3.11. The molecule has 1 aliphatic rings. The Labute approximate surface area is 183 Å². The number of aromatic nitrogens is 1. The van der Waals surface area contributed by atoms with Gasteiger partial charge in [0.05, 0.1) is 6.61 Å². The number of pyridine rings is 1. The van der Waals surface area contributed by atoms with Crippen molar-refractivity contribution in [1.29, 1.82) is 0 Å². The van der Waals surface area contributed by atoms with Crippen LogP contribution in [0.4, 0.5) is 21.8 Å². The van der Waals surface area contributed by atoms with Gasteiger partial charge in [-0.05, 0) is 49.4 Å². The van der Waals surface area contributed by atoms with Crippen LogP contribution in [0.5, 0.6) is 5.75 Å². The lowest BCUT2D eigenvalue weighted by Crippen LogP contribution is -2.14. The Hall–Kier alpha value is -3.65. The molecule has 1 N–H and O–H groups in total. The van der Waals surface area contributed by atoms with Crippen molar-refractivity contribution in [3.63, 3.8) is 0 Å². The number of hydrogen-bond acceptors (Lipinski definition) is 7. The summed E-state index contributed by atoms with van der Waals surface area (Å²) < 4.78 is 24.2. The number of aromatic hydroxyl groups is 1. The van der Waals surface area contributed by atoms with Gasteiger partial charge in [-0.25, -0.2) is 19.2 Å². The second-order valence-electron chi connectivity index (χ2n) is 6.48. The van der Waals surface area contributed by atoms with E-state index in [1.807, 2.05) is 6.07 Å². The summed E-state index contributed by atoms with van der Waals surface area (Å²) in [6.45, 7) is 1.80. The zero-order chi connectivity index (χ0) is 21.3. The average Bonchev–Trinajstić information content (AvgIpc) is 3.30. The molecule has 0 spiro atoms.